The molecule has 0 fully saturated rings. The topological polar surface area (TPSA) is 77.4 Å². The number of rotatable bonds is 13. The van der Waals surface area contributed by atoms with Crippen LogP contribution in [-0.4, -0.2) is 49.5 Å². The molecule has 0 amide bonds. The lowest BCUT2D eigenvalue weighted by Gasteiger charge is -2.23. The Morgan fingerprint density at radius 1 is 1.24 bits per heavy atom. The molecule has 162 valence electrons. The molecule has 0 aliphatic carbocycles. The number of esters is 1. The Hall–Kier alpha value is -1.67. The number of ether oxygens (including phenoxy) is 3. The van der Waals surface area contributed by atoms with Gasteiger partial charge in [0.1, 0.15) is 12.7 Å². The summed E-state index contributed by atoms with van der Waals surface area (Å²) in [5.74, 6) is 0.304. The van der Waals surface area contributed by atoms with Crippen LogP contribution in [0.25, 0.3) is 0 Å². The number of hydrogen-bond acceptors (Lipinski definition) is 7. The molecule has 1 N–H and O–H groups in total. The summed E-state index contributed by atoms with van der Waals surface area (Å²) in [7, 11) is 0. The van der Waals surface area contributed by atoms with Crippen LogP contribution >= 0.6 is 11.9 Å². The van der Waals surface area contributed by atoms with Crippen molar-refractivity contribution < 1.29 is 24.1 Å². The van der Waals surface area contributed by atoms with E-state index in [0.717, 1.165) is 17.7 Å². The average Bonchev–Trinajstić information content (AvgIpc) is 2.67. The van der Waals surface area contributed by atoms with Crippen LogP contribution in [0.5, 0.6) is 0 Å². The van der Waals surface area contributed by atoms with Gasteiger partial charge in [0.2, 0.25) is 0 Å². The minimum Gasteiger partial charge on any atom is -0.459 e. The molecule has 0 heterocycles. The van der Waals surface area contributed by atoms with Crippen molar-refractivity contribution in [2.45, 2.75) is 51.9 Å². The van der Waals surface area contributed by atoms with Crippen LogP contribution in [0.4, 0.5) is 0 Å². The Bertz CT molecular complexity index is 654. The Balaban J connectivity index is 2.66. The summed E-state index contributed by atoms with van der Waals surface area (Å²) in [6.07, 6.45) is -0.957. The first-order valence-electron chi connectivity index (χ1n) is 9.57. The molecule has 1 rings (SSSR count). The third-order valence-electron chi connectivity index (χ3n) is 4.05. The molecule has 0 saturated heterocycles. The molecule has 7 heteroatoms. The van der Waals surface area contributed by atoms with Crippen molar-refractivity contribution in [1.29, 1.82) is 0 Å². The fraction of sp³-hybridized carbons (Fsp3) is 0.545. The number of carbonyl (C=O) groups is 1. The fourth-order valence-corrected chi connectivity index (χ4v) is 2.71. The van der Waals surface area contributed by atoms with Gasteiger partial charge in [-0.05, 0) is 43.0 Å². The van der Waals surface area contributed by atoms with Crippen molar-refractivity contribution in [1.82, 2.24) is 0 Å². The molecule has 1 aromatic rings. The van der Waals surface area contributed by atoms with Crippen molar-refractivity contribution in [2.24, 2.45) is 4.40 Å². The van der Waals surface area contributed by atoms with Gasteiger partial charge in [-0.2, -0.15) is 0 Å². The van der Waals surface area contributed by atoms with Crippen molar-refractivity contribution in [2.75, 3.05) is 25.6 Å². The highest BCUT2D eigenvalue weighted by molar-refractivity contribution is 7.98. The first-order valence-corrected chi connectivity index (χ1v) is 10.5. The number of carbonyl (C=O) groups excluding carboxylic acids is 1. The van der Waals surface area contributed by atoms with E-state index in [4.69, 9.17) is 14.2 Å². The van der Waals surface area contributed by atoms with Gasteiger partial charge >= 0.3 is 5.97 Å². The van der Waals surface area contributed by atoms with Gasteiger partial charge in [-0.25, -0.2) is 9.19 Å². The normalized spacial score (nSPS) is 13.6. The van der Waals surface area contributed by atoms with Crippen LogP contribution in [0.2, 0.25) is 0 Å². The van der Waals surface area contributed by atoms with E-state index in [-0.39, 0.29) is 18.6 Å². The lowest BCUT2D eigenvalue weighted by Crippen LogP contribution is -2.29. The number of benzene rings is 1. The molecule has 0 aromatic heterocycles. The van der Waals surface area contributed by atoms with E-state index < -0.39 is 18.4 Å². The molecule has 29 heavy (non-hydrogen) atoms. The molecule has 0 bridgehead atoms. The molecule has 0 spiro atoms. The molecule has 6 nitrogen and oxygen atoms in total. The van der Waals surface area contributed by atoms with Gasteiger partial charge in [-0.3, -0.25) is 0 Å². The lowest BCUT2D eigenvalue weighted by molar-refractivity contribution is -0.177. The molecule has 0 radical (unpaired) electrons. The van der Waals surface area contributed by atoms with Crippen LogP contribution in [0.15, 0.2) is 40.8 Å². The van der Waals surface area contributed by atoms with E-state index in [9.17, 15) is 9.90 Å². The van der Waals surface area contributed by atoms with Gasteiger partial charge in [0.05, 0.1) is 6.61 Å². The summed E-state index contributed by atoms with van der Waals surface area (Å²) < 4.78 is 20.2. The van der Waals surface area contributed by atoms with E-state index in [1.165, 1.54) is 11.9 Å². The molecule has 0 aliphatic rings. The van der Waals surface area contributed by atoms with Crippen molar-refractivity contribution in [3.05, 3.63) is 47.5 Å². The fourth-order valence-electron chi connectivity index (χ4n) is 2.33. The molecule has 2 unspecified atom stereocenters. The summed E-state index contributed by atoms with van der Waals surface area (Å²) >= 11 is 1.38. The molecule has 1 aromatic carbocycles. The van der Waals surface area contributed by atoms with Gasteiger partial charge in [-0.15, -0.1) is 0 Å². The predicted octanol–water partition coefficient (Wildman–Crippen LogP) is 4.24. The van der Waals surface area contributed by atoms with Gasteiger partial charge in [0.25, 0.3) is 0 Å². The predicted molar refractivity (Wildman–Crippen MR) is 118 cm³/mol. The van der Waals surface area contributed by atoms with Crippen LogP contribution in [-0.2, 0) is 24.4 Å². The minimum absolute atomic E-state index is 0.0247. The third-order valence-corrected chi connectivity index (χ3v) is 4.71. The van der Waals surface area contributed by atoms with Crippen LogP contribution in [0.1, 0.15) is 51.5 Å². The van der Waals surface area contributed by atoms with Gasteiger partial charge < -0.3 is 19.3 Å². The maximum absolute atomic E-state index is 11.7. The maximum atomic E-state index is 11.7. The third kappa shape index (κ3) is 10.1. The highest BCUT2D eigenvalue weighted by Gasteiger charge is 2.20. The summed E-state index contributed by atoms with van der Waals surface area (Å²) in [4.78, 5) is 11.7. The van der Waals surface area contributed by atoms with Crippen molar-refractivity contribution in [3.63, 3.8) is 0 Å². The monoisotopic (exact) mass is 423 g/mol. The zero-order chi connectivity index (χ0) is 21.9. The first kappa shape index (κ1) is 25.4. The Kier molecular flexibility index (Phi) is 11.2. The molecular formula is C22H33NO5S. The Labute approximate surface area is 178 Å². The summed E-state index contributed by atoms with van der Waals surface area (Å²) in [5.41, 5.74) is 2.12. The summed E-state index contributed by atoms with van der Waals surface area (Å²) in [6.45, 7) is 15.6. The van der Waals surface area contributed by atoms with E-state index in [0.29, 0.717) is 17.7 Å². The molecule has 0 saturated carbocycles. The van der Waals surface area contributed by atoms with Crippen LogP contribution < -0.4 is 0 Å². The standard InChI is InChI=1S/C22H33NO5S/c1-16(2)20(24)27-15-19(14-26-12-7-13-29-23-6)28-21(25)17-8-10-18(11-9-17)22(3,4)5/h8-11,19,21,25H,1,6-7,12-15H2,2-5H3. The summed E-state index contributed by atoms with van der Waals surface area (Å²) in [6, 6.07) is 7.62. The maximum Gasteiger partial charge on any atom is 0.333 e. The number of aliphatic hydroxyl groups excluding tert-OH is 1. The van der Waals surface area contributed by atoms with Crippen LogP contribution in [0.3, 0.4) is 0 Å². The molecule has 2 atom stereocenters. The van der Waals surface area contributed by atoms with E-state index in [2.05, 4.69) is 38.5 Å². The number of hydrogen-bond donors (Lipinski definition) is 1. The second-order valence-electron chi connectivity index (χ2n) is 7.75. The number of nitrogens with zero attached hydrogens (tertiary/aromatic N) is 1. The zero-order valence-electron chi connectivity index (χ0n) is 17.8. The number of aliphatic hydroxyl groups is 1. The SMILES string of the molecule is C=NSCCCOCC(COC(=O)C(=C)C)OC(O)c1ccc(C(C)(C)C)cc1. The van der Waals surface area contributed by atoms with E-state index in [1.807, 2.05) is 24.3 Å². The van der Waals surface area contributed by atoms with Crippen molar-refractivity contribution in [3.8, 4) is 0 Å². The molecular weight excluding hydrogens is 390 g/mol. The van der Waals surface area contributed by atoms with Crippen molar-refractivity contribution >= 4 is 24.6 Å². The second kappa shape index (κ2) is 12.8. The second-order valence-corrected chi connectivity index (χ2v) is 8.68. The van der Waals surface area contributed by atoms with E-state index >= 15 is 0 Å². The van der Waals surface area contributed by atoms with Gasteiger partial charge in [-0.1, -0.05) is 51.6 Å². The van der Waals surface area contributed by atoms with Gasteiger partial charge in [0.15, 0.2) is 6.29 Å². The first-order chi connectivity index (χ1) is 13.6. The minimum atomic E-state index is -1.15. The van der Waals surface area contributed by atoms with E-state index in [1.54, 1.807) is 6.92 Å². The quantitative estimate of drug-likeness (QED) is 0.128. The smallest absolute Gasteiger partial charge is 0.333 e. The highest BCUT2D eigenvalue weighted by Crippen LogP contribution is 2.25. The zero-order valence-corrected chi connectivity index (χ0v) is 18.7. The van der Waals surface area contributed by atoms with Gasteiger partial charge in [0, 0.05) is 23.5 Å². The Morgan fingerprint density at radius 3 is 2.45 bits per heavy atom. The average molecular weight is 424 g/mol. The lowest BCUT2D eigenvalue weighted by atomic mass is 9.87. The Morgan fingerprint density at radius 2 is 1.90 bits per heavy atom. The highest BCUT2D eigenvalue weighted by atomic mass is 32.2. The summed E-state index contributed by atoms with van der Waals surface area (Å²) in [5, 5.41) is 10.5. The van der Waals surface area contributed by atoms with Crippen LogP contribution in [0, 0.1) is 0 Å². The molecule has 0 aliphatic heterocycles. The largest absolute Gasteiger partial charge is 0.459 e.